The minimum atomic E-state index is -0.114. The molecule has 0 bridgehead atoms. The average Bonchev–Trinajstić information content (AvgIpc) is 3.70. The van der Waals surface area contributed by atoms with Gasteiger partial charge in [0.2, 0.25) is 0 Å². The SMILES string of the molecule is CC1(C)CCC(C)(C)c2cc(N3B4c5cc6c(cc5-n5c7cc8ccccc8cc7c7c8ccccc8c(c4c75)-c4ccc(N(c5ccccc5)c5ccccc5)cc43)C(C)(C)CCC6(C)C)ccc21. The summed E-state index contributed by atoms with van der Waals surface area (Å²) in [7, 11) is 0. The summed E-state index contributed by atoms with van der Waals surface area (Å²) in [6.45, 7) is 19.7. The third kappa shape index (κ3) is 5.77. The number of hydrogen-bond donors (Lipinski definition) is 0. The van der Waals surface area contributed by atoms with Gasteiger partial charge in [-0.3, -0.25) is 0 Å². The standard InChI is InChI=1S/C66H60BN3/c1-63(2)31-32-64(3,4)52-37-46(28-30-51(52)63)70-57-38-45(68(43-21-11-9-12-22-43)44-23-13-10-14-24-44)27-29-49(57)59-47-25-17-18-26-48(47)60-50-35-41-19-15-16-20-42(41)36-56(50)69-58-40-54-53(65(5,6)33-34-66(54,7)8)39-55(58)67(70)61(59)62(60)69/h9-30,35-40H,31-34H2,1-8H3. The fourth-order valence-corrected chi connectivity index (χ4v) is 13.8. The summed E-state index contributed by atoms with van der Waals surface area (Å²) in [5, 5.41) is 7.86. The Morgan fingerprint density at radius 2 is 1.00 bits per heavy atom. The first-order valence-corrected chi connectivity index (χ1v) is 25.8. The quantitative estimate of drug-likeness (QED) is 0.163. The van der Waals surface area contributed by atoms with Gasteiger partial charge in [-0.25, -0.2) is 0 Å². The van der Waals surface area contributed by atoms with Crippen LogP contribution in [0.2, 0.25) is 0 Å². The van der Waals surface area contributed by atoms with E-state index in [0.29, 0.717) is 0 Å². The number of rotatable bonds is 4. The van der Waals surface area contributed by atoms with Crippen molar-refractivity contribution in [2.75, 3.05) is 9.71 Å². The Hall–Kier alpha value is -7.04. The fourth-order valence-electron chi connectivity index (χ4n) is 13.8. The van der Waals surface area contributed by atoms with Crippen LogP contribution in [-0.4, -0.2) is 11.4 Å². The number of benzene rings is 9. The van der Waals surface area contributed by atoms with Crippen molar-refractivity contribution >= 4 is 89.6 Å². The number of fused-ring (bicyclic) bond motifs is 14. The van der Waals surface area contributed by atoms with Crippen LogP contribution >= 0.6 is 0 Å². The highest BCUT2D eigenvalue weighted by molar-refractivity contribution is 6.94. The van der Waals surface area contributed by atoms with E-state index in [1.165, 1.54) is 111 Å². The van der Waals surface area contributed by atoms with Crippen LogP contribution in [0.1, 0.15) is 103 Å². The van der Waals surface area contributed by atoms with Gasteiger partial charge in [-0.2, -0.15) is 0 Å². The summed E-state index contributed by atoms with van der Waals surface area (Å²) in [6, 6.07) is 65.4. The second kappa shape index (κ2) is 14.3. The number of nitrogens with zero attached hydrogens (tertiary/aromatic N) is 3. The molecule has 0 N–H and O–H groups in total. The lowest BCUT2D eigenvalue weighted by Crippen LogP contribution is -2.61. The molecule has 4 aliphatic rings. The van der Waals surface area contributed by atoms with Gasteiger partial charge in [0.15, 0.2) is 0 Å². The summed E-state index contributed by atoms with van der Waals surface area (Å²) in [6.07, 6.45) is 4.66. The normalized spacial score (nSPS) is 17.6. The lowest BCUT2D eigenvalue weighted by atomic mass is 9.43. The largest absolute Gasteiger partial charge is 0.376 e. The molecule has 3 nitrogen and oxygen atoms in total. The van der Waals surface area contributed by atoms with Crippen LogP contribution in [0.25, 0.3) is 60.2 Å². The molecule has 10 aromatic rings. The van der Waals surface area contributed by atoms with Crippen molar-refractivity contribution in [3.8, 4) is 16.8 Å². The molecule has 342 valence electrons. The smallest absolute Gasteiger partial charge is 0.333 e. The van der Waals surface area contributed by atoms with Crippen molar-refractivity contribution in [2.45, 2.75) is 103 Å². The second-order valence-corrected chi connectivity index (χ2v) is 23.8. The van der Waals surface area contributed by atoms with Crippen LogP contribution < -0.4 is 20.6 Å². The molecule has 0 fully saturated rings. The van der Waals surface area contributed by atoms with Gasteiger partial charge in [0, 0.05) is 50.5 Å². The maximum Gasteiger partial charge on any atom is 0.333 e. The van der Waals surface area contributed by atoms with Crippen LogP contribution in [-0.2, 0) is 21.7 Å². The third-order valence-electron chi connectivity index (χ3n) is 17.8. The molecule has 0 radical (unpaired) electrons. The van der Waals surface area contributed by atoms with Crippen molar-refractivity contribution < 1.29 is 0 Å². The van der Waals surface area contributed by atoms with E-state index in [4.69, 9.17) is 0 Å². The predicted octanol–water partition coefficient (Wildman–Crippen LogP) is 16.5. The Balaban J connectivity index is 1.18. The first-order valence-electron chi connectivity index (χ1n) is 25.8. The van der Waals surface area contributed by atoms with Crippen molar-refractivity contribution in [3.63, 3.8) is 0 Å². The molecule has 0 unspecified atom stereocenters. The number of hydrogen-bond acceptors (Lipinski definition) is 2. The zero-order valence-electron chi connectivity index (χ0n) is 41.9. The van der Waals surface area contributed by atoms with Gasteiger partial charge in [0.05, 0.1) is 11.0 Å². The summed E-state index contributed by atoms with van der Waals surface area (Å²) >= 11 is 0. The summed E-state index contributed by atoms with van der Waals surface area (Å²) in [4.78, 5) is 5.23. The molecule has 3 heterocycles. The van der Waals surface area contributed by atoms with E-state index in [2.05, 4.69) is 240 Å². The van der Waals surface area contributed by atoms with Gasteiger partial charge < -0.3 is 14.3 Å². The molecule has 1 aromatic heterocycles. The monoisotopic (exact) mass is 905 g/mol. The molecule has 2 aliphatic carbocycles. The van der Waals surface area contributed by atoms with E-state index in [0.717, 1.165) is 36.3 Å². The first kappa shape index (κ1) is 41.9. The Kier molecular flexibility index (Phi) is 8.55. The zero-order chi connectivity index (χ0) is 47.6. The summed E-state index contributed by atoms with van der Waals surface area (Å²) < 4.78 is 2.72. The first-order chi connectivity index (χ1) is 33.7. The van der Waals surface area contributed by atoms with Crippen molar-refractivity contribution in [2.24, 2.45) is 0 Å². The Morgan fingerprint density at radius 3 is 1.66 bits per heavy atom. The van der Waals surface area contributed by atoms with Crippen molar-refractivity contribution in [1.29, 1.82) is 0 Å². The van der Waals surface area contributed by atoms with E-state index in [9.17, 15) is 0 Å². The lowest BCUT2D eigenvalue weighted by Gasteiger charge is -2.47. The fraction of sp³-hybridized carbons (Fsp3) is 0.242. The Labute approximate surface area is 413 Å². The van der Waals surface area contributed by atoms with Crippen LogP contribution in [0.5, 0.6) is 0 Å². The molecule has 0 atom stereocenters. The van der Waals surface area contributed by atoms with Crippen LogP contribution in [0.15, 0.2) is 170 Å². The van der Waals surface area contributed by atoms with E-state index in [-0.39, 0.29) is 28.5 Å². The van der Waals surface area contributed by atoms with E-state index in [1.54, 1.807) is 0 Å². The lowest BCUT2D eigenvalue weighted by molar-refractivity contribution is 0.332. The van der Waals surface area contributed by atoms with Gasteiger partial charge in [0.25, 0.3) is 0 Å². The molecule has 0 saturated heterocycles. The van der Waals surface area contributed by atoms with Crippen LogP contribution in [0.4, 0.5) is 28.4 Å². The van der Waals surface area contributed by atoms with E-state index in [1.807, 2.05) is 0 Å². The Morgan fingerprint density at radius 1 is 0.443 bits per heavy atom. The van der Waals surface area contributed by atoms with Gasteiger partial charge in [-0.15, -0.1) is 0 Å². The predicted molar refractivity (Wildman–Crippen MR) is 300 cm³/mol. The maximum atomic E-state index is 2.80. The second-order valence-electron chi connectivity index (χ2n) is 23.8. The molecule has 9 aromatic carbocycles. The summed E-state index contributed by atoms with van der Waals surface area (Å²) in [5.41, 5.74) is 21.4. The van der Waals surface area contributed by atoms with Crippen LogP contribution in [0, 0.1) is 0 Å². The van der Waals surface area contributed by atoms with Gasteiger partial charge >= 0.3 is 6.85 Å². The van der Waals surface area contributed by atoms with Crippen molar-refractivity contribution in [3.05, 3.63) is 192 Å². The molecule has 0 amide bonds. The Bertz CT molecular complexity index is 3810. The third-order valence-corrected chi connectivity index (χ3v) is 17.8. The summed E-state index contributed by atoms with van der Waals surface area (Å²) in [5.74, 6) is 0. The molecular weight excluding hydrogens is 846 g/mol. The maximum absolute atomic E-state index is 2.80. The minimum absolute atomic E-state index is 0.0223. The highest BCUT2D eigenvalue weighted by Gasteiger charge is 2.48. The van der Waals surface area contributed by atoms with Gasteiger partial charge in [0.1, 0.15) is 0 Å². The molecule has 0 saturated carbocycles. The molecule has 14 rings (SSSR count). The molecule has 0 spiro atoms. The van der Waals surface area contributed by atoms with Gasteiger partial charge in [-0.1, -0.05) is 159 Å². The van der Waals surface area contributed by atoms with Gasteiger partial charge in [-0.05, 0) is 174 Å². The molecule has 70 heavy (non-hydrogen) atoms. The minimum Gasteiger partial charge on any atom is -0.376 e. The van der Waals surface area contributed by atoms with Crippen molar-refractivity contribution in [1.82, 2.24) is 4.57 Å². The molecule has 4 heteroatoms. The highest BCUT2D eigenvalue weighted by Crippen LogP contribution is 2.54. The van der Waals surface area contributed by atoms with Crippen LogP contribution in [0.3, 0.4) is 0 Å². The average molecular weight is 906 g/mol. The van der Waals surface area contributed by atoms with E-state index < -0.39 is 0 Å². The van der Waals surface area contributed by atoms with E-state index >= 15 is 0 Å². The number of anilines is 5. The zero-order valence-corrected chi connectivity index (χ0v) is 41.9. The molecular formula is C66H60BN3. The topological polar surface area (TPSA) is 11.4 Å². The highest BCUT2D eigenvalue weighted by atomic mass is 15.2. The molecule has 2 aliphatic heterocycles. The number of aromatic nitrogens is 1. The number of para-hydroxylation sites is 2.